The Hall–Kier alpha value is -3.14. The van der Waals surface area contributed by atoms with Crippen molar-refractivity contribution in [2.45, 2.75) is 57.3 Å². The Bertz CT molecular complexity index is 1200. The molecular weight excluding hydrogens is 436 g/mol. The van der Waals surface area contributed by atoms with Crippen LogP contribution in [0.4, 0.5) is 8.78 Å². The van der Waals surface area contributed by atoms with Crippen molar-refractivity contribution < 1.29 is 32.9 Å². The minimum absolute atomic E-state index is 0.0349. The largest absolute Gasteiger partial charge is 0.379 e. The number of ketones is 1. The second kappa shape index (κ2) is 8.33. The zero-order valence-corrected chi connectivity index (χ0v) is 17.8. The van der Waals surface area contributed by atoms with Crippen LogP contribution in [0.25, 0.3) is 0 Å². The molecule has 1 unspecified atom stereocenters. The number of halogens is 2. The van der Waals surface area contributed by atoms with Crippen molar-refractivity contribution in [3.05, 3.63) is 63.3 Å². The molecule has 1 amide bonds. The van der Waals surface area contributed by atoms with E-state index in [4.69, 9.17) is 4.74 Å². The molecule has 174 valence electrons. The monoisotopic (exact) mass is 460 g/mol. The second-order valence-electron chi connectivity index (χ2n) is 9.05. The van der Waals surface area contributed by atoms with E-state index in [9.17, 15) is 28.5 Å². The van der Waals surface area contributed by atoms with Crippen LogP contribution in [0.3, 0.4) is 0 Å². The summed E-state index contributed by atoms with van der Waals surface area (Å²) < 4.78 is 33.1. The van der Waals surface area contributed by atoms with Gasteiger partial charge in [0.2, 0.25) is 4.54 Å². The molecular formula is C23H24F2N3O5+. The van der Waals surface area contributed by atoms with Gasteiger partial charge in [0.05, 0.1) is 27.9 Å². The van der Waals surface area contributed by atoms with Crippen molar-refractivity contribution in [3.63, 3.8) is 0 Å². The molecule has 1 aliphatic heterocycles. The van der Waals surface area contributed by atoms with Crippen LogP contribution in [0, 0.1) is 28.4 Å². The highest BCUT2D eigenvalue weighted by Gasteiger charge is 2.48. The summed E-state index contributed by atoms with van der Waals surface area (Å²) in [5.74, 6) is -2.95. The van der Waals surface area contributed by atoms with Crippen molar-refractivity contribution >= 4 is 11.7 Å². The first-order valence-electron chi connectivity index (χ1n) is 11.2. The van der Waals surface area contributed by atoms with Crippen LogP contribution in [0.1, 0.15) is 64.2 Å². The number of amides is 1. The zero-order valence-electron chi connectivity index (χ0n) is 17.8. The number of fused-ring (bicyclic) bond motifs is 3. The van der Waals surface area contributed by atoms with E-state index in [0.29, 0.717) is 30.4 Å². The number of ether oxygens (including phenoxy) is 1. The number of carbonyl (C=O) groups is 2. The predicted octanol–water partition coefficient (Wildman–Crippen LogP) is 2.55. The molecule has 2 N–H and O–H groups in total. The van der Waals surface area contributed by atoms with E-state index in [1.165, 1.54) is 12.1 Å². The lowest BCUT2D eigenvalue weighted by molar-refractivity contribution is -0.639. The average molecular weight is 460 g/mol. The van der Waals surface area contributed by atoms with Crippen molar-refractivity contribution in [3.8, 4) is 0 Å². The van der Waals surface area contributed by atoms with Crippen molar-refractivity contribution in [2.75, 3.05) is 0 Å². The minimum Gasteiger partial charge on any atom is -0.379 e. The van der Waals surface area contributed by atoms with Gasteiger partial charge in [-0.1, -0.05) is 18.9 Å². The molecule has 1 aromatic heterocycles. The summed E-state index contributed by atoms with van der Waals surface area (Å²) in [6, 6.07) is 4.21. The molecule has 4 atom stereocenters. The SMILES string of the molecule is O=C(NCc1ccc(F)cc1F)c1cc2c(n(O)[n+]1=O)C(=O)C1C[C@H]3CCCC[C@@H]3O[C@@H]1C2. The molecule has 5 rings (SSSR count). The number of hydrogen-bond donors (Lipinski definition) is 2. The number of nitrogens with one attached hydrogen (secondary N) is 1. The number of Topliss-reactive ketones (excluding diaryl/α,β-unsaturated/α-hetero) is 1. The van der Waals surface area contributed by atoms with Gasteiger partial charge in [0.1, 0.15) is 11.6 Å². The first-order valence-corrected chi connectivity index (χ1v) is 11.2. The summed E-state index contributed by atoms with van der Waals surface area (Å²) >= 11 is 0. The molecule has 2 aromatic rings. The van der Waals surface area contributed by atoms with E-state index in [1.807, 2.05) is 0 Å². The summed E-state index contributed by atoms with van der Waals surface area (Å²) in [6.45, 7) is -0.288. The molecule has 10 heteroatoms. The van der Waals surface area contributed by atoms with Crippen LogP contribution in [0.5, 0.6) is 0 Å². The molecule has 1 saturated carbocycles. The van der Waals surface area contributed by atoms with Crippen LogP contribution < -0.4 is 9.86 Å². The lowest BCUT2D eigenvalue weighted by Gasteiger charge is -2.45. The van der Waals surface area contributed by atoms with Gasteiger partial charge in [-0.2, -0.15) is 0 Å². The van der Waals surface area contributed by atoms with Crippen molar-refractivity contribution in [1.29, 1.82) is 0 Å². The van der Waals surface area contributed by atoms with Crippen molar-refractivity contribution in [2.24, 2.45) is 11.8 Å². The Morgan fingerprint density at radius 3 is 2.79 bits per heavy atom. The van der Waals surface area contributed by atoms with Crippen LogP contribution in [0.15, 0.2) is 24.3 Å². The summed E-state index contributed by atoms with van der Waals surface area (Å²) in [5.41, 5.74) is -0.197. The Morgan fingerprint density at radius 2 is 2.00 bits per heavy atom. The van der Waals surface area contributed by atoms with Gasteiger partial charge in [0.25, 0.3) is 0 Å². The molecule has 1 saturated heterocycles. The van der Waals surface area contributed by atoms with E-state index in [-0.39, 0.29) is 45.2 Å². The molecule has 2 aliphatic carbocycles. The number of aromatic nitrogens is 2. The highest BCUT2D eigenvalue weighted by molar-refractivity contribution is 5.99. The van der Waals surface area contributed by atoms with Gasteiger partial charge in [-0.05, 0) is 36.8 Å². The van der Waals surface area contributed by atoms with E-state index >= 15 is 0 Å². The first kappa shape index (κ1) is 21.7. The second-order valence-corrected chi connectivity index (χ2v) is 9.05. The number of hydrogen-bond acceptors (Lipinski definition) is 5. The lowest BCUT2D eigenvalue weighted by atomic mass is 9.71. The Balaban J connectivity index is 1.40. The highest BCUT2D eigenvalue weighted by Crippen LogP contribution is 2.42. The number of rotatable bonds is 3. The maximum absolute atomic E-state index is 13.8. The van der Waals surface area contributed by atoms with Gasteiger partial charge in [0.15, 0.2) is 11.5 Å². The van der Waals surface area contributed by atoms with Gasteiger partial charge in [-0.25, -0.2) is 8.78 Å². The molecule has 0 spiro atoms. The molecule has 1 aromatic carbocycles. The molecule has 3 aliphatic rings. The Labute approximate surface area is 187 Å². The van der Waals surface area contributed by atoms with Gasteiger partial charge in [-0.15, -0.1) is 0 Å². The van der Waals surface area contributed by atoms with Gasteiger partial charge in [0, 0.05) is 30.7 Å². The maximum Gasteiger partial charge on any atom is 0.360 e. The summed E-state index contributed by atoms with van der Waals surface area (Å²) in [7, 11) is 0. The number of benzene rings is 1. The summed E-state index contributed by atoms with van der Waals surface area (Å²) in [6.07, 6.45) is 4.86. The quantitative estimate of drug-likeness (QED) is 0.541. The topological polar surface area (TPSA) is 104 Å². The van der Waals surface area contributed by atoms with Crippen LogP contribution in [0.2, 0.25) is 0 Å². The number of carbonyl (C=O) groups excluding carboxylic acids is 2. The van der Waals surface area contributed by atoms with Crippen LogP contribution in [-0.4, -0.2) is 34.0 Å². The molecule has 0 bridgehead atoms. The predicted molar refractivity (Wildman–Crippen MR) is 109 cm³/mol. The van der Waals surface area contributed by atoms with Gasteiger partial charge in [-0.3, -0.25) is 9.59 Å². The van der Waals surface area contributed by atoms with Gasteiger partial charge >= 0.3 is 11.6 Å². The lowest BCUT2D eigenvalue weighted by Crippen LogP contribution is -2.52. The van der Waals surface area contributed by atoms with E-state index in [1.54, 1.807) is 0 Å². The van der Waals surface area contributed by atoms with Crippen molar-refractivity contribution in [1.82, 2.24) is 10.2 Å². The Kier molecular flexibility index (Phi) is 5.48. The Morgan fingerprint density at radius 1 is 1.21 bits per heavy atom. The van der Waals surface area contributed by atoms with Crippen LogP contribution >= 0.6 is 0 Å². The molecule has 2 heterocycles. The fraction of sp³-hybridized carbons (Fsp3) is 0.478. The van der Waals surface area contributed by atoms with E-state index in [0.717, 1.165) is 31.7 Å². The van der Waals surface area contributed by atoms with E-state index in [2.05, 4.69) is 5.32 Å². The third kappa shape index (κ3) is 3.82. The minimum atomic E-state index is -0.870. The zero-order chi connectivity index (χ0) is 23.3. The number of nitrogens with zero attached hydrogens (tertiary/aromatic N) is 2. The third-order valence-corrected chi connectivity index (χ3v) is 7.07. The van der Waals surface area contributed by atoms with E-state index < -0.39 is 29.2 Å². The summed E-state index contributed by atoms with van der Waals surface area (Å²) in [5, 5.41) is 12.8. The molecule has 2 fully saturated rings. The fourth-order valence-electron chi connectivity index (χ4n) is 5.38. The molecule has 33 heavy (non-hydrogen) atoms. The fourth-order valence-corrected chi connectivity index (χ4v) is 5.38. The molecule has 0 radical (unpaired) electrons. The first-order chi connectivity index (χ1) is 15.8. The molecule has 8 nitrogen and oxygen atoms in total. The smallest absolute Gasteiger partial charge is 0.360 e. The van der Waals surface area contributed by atoms with Crippen LogP contribution in [-0.2, 0) is 17.7 Å². The third-order valence-electron chi connectivity index (χ3n) is 7.07. The highest BCUT2D eigenvalue weighted by atomic mass is 19.1. The summed E-state index contributed by atoms with van der Waals surface area (Å²) in [4.78, 5) is 38.6. The average Bonchev–Trinajstić information content (AvgIpc) is 2.79. The normalized spacial score (nSPS) is 26.2. The van der Waals surface area contributed by atoms with Gasteiger partial charge < -0.3 is 15.3 Å². The maximum atomic E-state index is 13.8. The standard InChI is InChI=1S/C23H23F2N3O5/c24-15-6-5-13(17(25)10-15)11-26-23(30)18-8-14-9-20-16(22(29)21(14)28(32)27(18)31)7-12-3-1-2-4-19(12)33-20/h5-6,8,10,12,16,19-20,32H,1-4,7,9,11H2/p+1/t12-,16?,19+,20-/m1/s1.